The Kier molecular flexibility index (Phi) is 6.13. The average molecular weight is 462 g/mol. The van der Waals surface area contributed by atoms with Crippen molar-refractivity contribution in [2.45, 2.75) is 63.0 Å². The topological polar surface area (TPSA) is 122 Å². The number of hydrogen-bond acceptors (Lipinski definition) is 5. The Morgan fingerprint density at radius 1 is 1.21 bits per heavy atom. The van der Waals surface area contributed by atoms with Gasteiger partial charge in [0.15, 0.2) is 0 Å². The van der Waals surface area contributed by atoms with E-state index in [0.717, 1.165) is 24.0 Å². The molecule has 1 spiro atoms. The fourth-order valence-corrected chi connectivity index (χ4v) is 5.76. The van der Waals surface area contributed by atoms with Crippen molar-refractivity contribution < 1.29 is 19.8 Å². The van der Waals surface area contributed by atoms with Crippen LogP contribution in [0.2, 0.25) is 0 Å². The van der Waals surface area contributed by atoms with Gasteiger partial charge in [-0.3, -0.25) is 9.59 Å². The molecule has 2 aromatic rings. The molecule has 0 aromatic heterocycles. The molecule has 2 aliphatic rings. The number of nitrogens with one attached hydrogen (secondary N) is 2. The van der Waals surface area contributed by atoms with E-state index in [1.54, 1.807) is 19.2 Å². The number of nitriles is 1. The number of nitrogens with zero attached hydrogens (tertiary/aromatic N) is 1. The van der Waals surface area contributed by atoms with Gasteiger partial charge in [0.25, 0.3) is 5.91 Å². The summed E-state index contributed by atoms with van der Waals surface area (Å²) in [5, 5.41) is 35.4. The van der Waals surface area contributed by atoms with E-state index in [0.29, 0.717) is 29.7 Å². The molecule has 2 aromatic carbocycles. The Hall–Kier alpha value is -3.37. The summed E-state index contributed by atoms with van der Waals surface area (Å²) in [6.07, 6.45) is 1.93. The minimum absolute atomic E-state index is 0.0365. The standard InChI is InChI=1S/C27H31N3O4/c1-26(2)15-27(20-12-18(24(33)29-3)9-10-19(20)26)13-21(27)25(34)30-22-11-16(14-28)7-8-17(22)5-4-6-23(31)32/h7-12,21,25,30,34H,4-6,13,15H2,1-3H3,(H,29,33)(H,31,32)/t21-,25?,27+/m0/s1. The number of carboxylic acid groups (broad SMARTS) is 1. The predicted molar refractivity (Wildman–Crippen MR) is 129 cm³/mol. The zero-order valence-electron chi connectivity index (χ0n) is 19.8. The van der Waals surface area contributed by atoms with E-state index in [-0.39, 0.29) is 29.1 Å². The van der Waals surface area contributed by atoms with Gasteiger partial charge in [-0.15, -0.1) is 0 Å². The lowest BCUT2D eigenvalue weighted by Gasteiger charge is -2.22. The summed E-state index contributed by atoms with van der Waals surface area (Å²) >= 11 is 0. The molecule has 1 saturated carbocycles. The first-order valence-corrected chi connectivity index (χ1v) is 11.7. The fourth-order valence-electron chi connectivity index (χ4n) is 5.76. The number of carbonyl (C=O) groups is 2. The van der Waals surface area contributed by atoms with Crippen molar-refractivity contribution >= 4 is 17.6 Å². The highest BCUT2D eigenvalue weighted by molar-refractivity contribution is 5.94. The second kappa shape index (κ2) is 8.77. The number of aryl methyl sites for hydroxylation is 1. The number of carbonyl (C=O) groups excluding carboxylic acids is 1. The third-order valence-electron chi connectivity index (χ3n) is 7.43. The summed E-state index contributed by atoms with van der Waals surface area (Å²) in [6, 6.07) is 13.3. The van der Waals surface area contributed by atoms with Crippen LogP contribution < -0.4 is 10.6 Å². The van der Waals surface area contributed by atoms with E-state index in [9.17, 15) is 20.0 Å². The van der Waals surface area contributed by atoms with Gasteiger partial charge < -0.3 is 20.8 Å². The summed E-state index contributed by atoms with van der Waals surface area (Å²) in [7, 11) is 1.62. The number of carboxylic acids is 1. The van der Waals surface area contributed by atoms with Crippen LogP contribution in [0.1, 0.15) is 72.1 Å². The van der Waals surface area contributed by atoms with Crippen molar-refractivity contribution in [1.82, 2.24) is 5.32 Å². The molecule has 0 saturated heterocycles. The van der Waals surface area contributed by atoms with Gasteiger partial charge in [0.1, 0.15) is 6.23 Å². The van der Waals surface area contributed by atoms with Gasteiger partial charge in [-0.2, -0.15) is 5.26 Å². The van der Waals surface area contributed by atoms with E-state index >= 15 is 0 Å². The second-order valence-electron chi connectivity index (χ2n) is 10.2. The van der Waals surface area contributed by atoms with Crippen LogP contribution in [0.4, 0.5) is 5.69 Å². The van der Waals surface area contributed by atoms with Crippen molar-refractivity contribution in [3.8, 4) is 6.07 Å². The third kappa shape index (κ3) is 4.26. The highest BCUT2D eigenvalue weighted by Gasteiger charge is 2.64. The SMILES string of the molecule is CNC(=O)c1ccc2c(c1)[C@@]1(C[C@H]1C(O)Nc1cc(C#N)ccc1CCCC(=O)O)CC2(C)C. The molecule has 4 rings (SSSR count). The summed E-state index contributed by atoms with van der Waals surface area (Å²) < 4.78 is 0. The molecule has 0 radical (unpaired) electrons. The zero-order valence-corrected chi connectivity index (χ0v) is 19.8. The van der Waals surface area contributed by atoms with Crippen molar-refractivity contribution in [3.63, 3.8) is 0 Å². The van der Waals surface area contributed by atoms with Crippen LogP contribution in [-0.4, -0.2) is 35.4 Å². The number of anilines is 1. The Morgan fingerprint density at radius 3 is 2.65 bits per heavy atom. The third-order valence-corrected chi connectivity index (χ3v) is 7.43. The molecule has 1 unspecified atom stereocenters. The second-order valence-corrected chi connectivity index (χ2v) is 10.2. The van der Waals surface area contributed by atoms with Gasteiger partial charge >= 0.3 is 5.97 Å². The summed E-state index contributed by atoms with van der Waals surface area (Å²) in [5.41, 5.74) is 4.73. The van der Waals surface area contributed by atoms with Gasteiger partial charge in [-0.1, -0.05) is 26.0 Å². The number of amides is 1. The van der Waals surface area contributed by atoms with Crippen molar-refractivity contribution in [3.05, 3.63) is 64.2 Å². The molecular formula is C27H31N3O4. The van der Waals surface area contributed by atoms with E-state index in [1.807, 2.05) is 24.3 Å². The Morgan fingerprint density at radius 2 is 1.97 bits per heavy atom. The number of aliphatic hydroxyl groups excluding tert-OH is 1. The van der Waals surface area contributed by atoms with Crippen LogP contribution in [0.5, 0.6) is 0 Å². The van der Waals surface area contributed by atoms with E-state index in [1.165, 1.54) is 5.56 Å². The maximum absolute atomic E-state index is 12.3. The quantitative estimate of drug-likeness (QED) is 0.445. The van der Waals surface area contributed by atoms with Gasteiger partial charge in [0, 0.05) is 36.1 Å². The molecule has 4 N–H and O–H groups in total. The number of rotatable bonds is 8. The lowest BCUT2D eigenvalue weighted by Crippen LogP contribution is -2.27. The molecule has 0 heterocycles. The fraction of sp³-hybridized carbons (Fsp3) is 0.444. The zero-order chi connectivity index (χ0) is 24.7. The highest BCUT2D eigenvalue weighted by atomic mass is 16.4. The normalized spacial score (nSPS) is 22.5. The summed E-state index contributed by atoms with van der Waals surface area (Å²) in [6.45, 7) is 4.40. The first-order valence-electron chi connectivity index (χ1n) is 11.7. The van der Waals surface area contributed by atoms with Crippen LogP contribution in [0.15, 0.2) is 36.4 Å². The maximum atomic E-state index is 12.3. The highest BCUT2D eigenvalue weighted by Crippen LogP contribution is 2.67. The molecule has 2 aliphatic carbocycles. The number of fused-ring (bicyclic) bond motifs is 2. The average Bonchev–Trinajstić information content (AvgIpc) is 3.47. The van der Waals surface area contributed by atoms with Crippen molar-refractivity contribution in [2.24, 2.45) is 5.92 Å². The smallest absolute Gasteiger partial charge is 0.303 e. The molecule has 3 atom stereocenters. The number of aliphatic hydroxyl groups is 1. The van der Waals surface area contributed by atoms with Gasteiger partial charge in [-0.25, -0.2) is 0 Å². The first-order chi connectivity index (χ1) is 16.1. The Balaban J connectivity index is 1.58. The lowest BCUT2D eigenvalue weighted by atomic mass is 9.85. The number of hydrogen-bond donors (Lipinski definition) is 4. The minimum Gasteiger partial charge on any atom is -0.481 e. The minimum atomic E-state index is -0.846. The molecule has 1 amide bonds. The van der Waals surface area contributed by atoms with Crippen LogP contribution >= 0.6 is 0 Å². The van der Waals surface area contributed by atoms with Crippen LogP contribution in [0, 0.1) is 17.2 Å². The molecule has 0 bridgehead atoms. The molecule has 1 fully saturated rings. The van der Waals surface area contributed by atoms with Crippen molar-refractivity contribution in [1.29, 1.82) is 5.26 Å². The van der Waals surface area contributed by atoms with E-state index in [4.69, 9.17) is 5.11 Å². The summed E-state index contributed by atoms with van der Waals surface area (Å²) in [5.74, 6) is -1.01. The number of benzene rings is 2. The monoisotopic (exact) mass is 461 g/mol. The lowest BCUT2D eigenvalue weighted by molar-refractivity contribution is -0.137. The molecule has 7 nitrogen and oxygen atoms in total. The first kappa shape index (κ1) is 23.8. The predicted octanol–water partition coefficient (Wildman–Crippen LogP) is 3.69. The largest absolute Gasteiger partial charge is 0.481 e. The van der Waals surface area contributed by atoms with E-state index in [2.05, 4.69) is 30.6 Å². The number of aliphatic carboxylic acids is 1. The van der Waals surface area contributed by atoms with E-state index < -0.39 is 12.2 Å². The molecular weight excluding hydrogens is 430 g/mol. The summed E-state index contributed by atoms with van der Waals surface area (Å²) in [4.78, 5) is 23.2. The van der Waals surface area contributed by atoms with Gasteiger partial charge in [-0.05, 0) is 72.1 Å². The Bertz CT molecular complexity index is 1180. The van der Waals surface area contributed by atoms with Crippen molar-refractivity contribution in [2.75, 3.05) is 12.4 Å². The van der Waals surface area contributed by atoms with Gasteiger partial charge in [0.2, 0.25) is 0 Å². The molecule has 0 aliphatic heterocycles. The van der Waals surface area contributed by atoms with Gasteiger partial charge in [0.05, 0.1) is 11.6 Å². The maximum Gasteiger partial charge on any atom is 0.303 e. The molecule has 7 heteroatoms. The Labute approximate surface area is 199 Å². The molecule has 178 valence electrons. The van der Waals surface area contributed by atoms with Crippen LogP contribution in [0.25, 0.3) is 0 Å². The van der Waals surface area contributed by atoms with Crippen LogP contribution in [-0.2, 0) is 22.0 Å². The van der Waals surface area contributed by atoms with Crippen LogP contribution in [0.3, 0.4) is 0 Å². The molecule has 34 heavy (non-hydrogen) atoms.